The van der Waals surface area contributed by atoms with Crippen LogP contribution in [0, 0.1) is 0 Å². The lowest BCUT2D eigenvalue weighted by Gasteiger charge is -2.21. The molecule has 0 aliphatic carbocycles. The summed E-state index contributed by atoms with van der Waals surface area (Å²) in [5, 5.41) is 0. The molecule has 2 nitrogen and oxygen atoms in total. The molecule has 54 valence electrons. The highest BCUT2D eigenvalue weighted by atomic mass is 16.7. The summed E-state index contributed by atoms with van der Waals surface area (Å²) in [6, 6.07) is 0. The lowest BCUT2D eigenvalue weighted by atomic mass is 10.2. The summed E-state index contributed by atoms with van der Waals surface area (Å²) >= 11 is 0. The van der Waals surface area contributed by atoms with Crippen LogP contribution in [0.3, 0.4) is 0 Å². The molecule has 0 N–H and O–H groups in total. The molecular weight excluding hydrogens is 116 g/mol. The van der Waals surface area contributed by atoms with Crippen molar-refractivity contribution >= 4 is 0 Å². The number of ether oxygens (including phenoxy) is 2. The molecule has 9 heavy (non-hydrogen) atoms. The lowest BCUT2D eigenvalue weighted by molar-refractivity contribution is -0.159. The Balaban J connectivity index is 2.08. The van der Waals surface area contributed by atoms with Crippen molar-refractivity contribution in [1.82, 2.24) is 0 Å². The molecule has 0 aromatic heterocycles. The molecule has 0 spiro atoms. The van der Waals surface area contributed by atoms with Gasteiger partial charge in [-0.05, 0) is 26.2 Å². The average Bonchev–Trinajstić information content (AvgIpc) is 1.91. The van der Waals surface area contributed by atoms with Crippen LogP contribution >= 0.6 is 0 Å². The zero-order chi connectivity index (χ0) is 6.53. The van der Waals surface area contributed by atoms with E-state index in [0.717, 1.165) is 19.6 Å². The minimum absolute atomic E-state index is 0.101. The number of hydrogen-bond acceptors (Lipinski definition) is 2. The van der Waals surface area contributed by atoms with Gasteiger partial charge in [0.2, 0.25) is 0 Å². The van der Waals surface area contributed by atoms with E-state index in [1.54, 1.807) is 0 Å². The van der Waals surface area contributed by atoms with Gasteiger partial charge in [0.15, 0.2) is 6.29 Å². The van der Waals surface area contributed by atoms with E-state index in [4.69, 9.17) is 9.47 Å². The summed E-state index contributed by atoms with van der Waals surface area (Å²) in [6.45, 7) is 3.65. The van der Waals surface area contributed by atoms with Gasteiger partial charge in [-0.2, -0.15) is 0 Å². The smallest absolute Gasteiger partial charge is 0.157 e. The SMILES string of the molecule is CCOC1CCCCO1. The quantitative estimate of drug-likeness (QED) is 0.564. The summed E-state index contributed by atoms with van der Waals surface area (Å²) in [5.41, 5.74) is 0. The molecule has 1 atom stereocenters. The summed E-state index contributed by atoms with van der Waals surface area (Å²) < 4.78 is 10.6. The van der Waals surface area contributed by atoms with E-state index in [2.05, 4.69) is 0 Å². The second-order valence-corrected chi connectivity index (χ2v) is 2.25. The molecule has 1 saturated heterocycles. The van der Waals surface area contributed by atoms with E-state index in [0.29, 0.717) is 0 Å². The van der Waals surface area contributed by atoms with Gasteiger partial charge in [0.25, 0.3) is 0 Å². The van der Waals surface area contributed by atoms with Crippen LogP contribution in [0.15, 0.2) is 0 Å². The van der Waals surface area contributed by atoms with Crippen molar-refractivity contribution in [3.63, 3.8) is 0 Å². The van der Waals surface area contributed by atoms with Crippen molar-refractivity contribution in [1.29, 1.82) is 0 Å². The fourth-order valence-corrected chi connectivity index (χ4v) is 1.03. The second-order valence-electron chi connectivity index (χ2n) is 2.25. The Hall–Kier alpha value is -0.0800. The van der Waals surface area contributed by atoms with Crippen molar-refractivity contribution in [2.24, 2.45) is 0 Å². The average molecular weight is 130 g/mol. The van der Waals surface area contributed by atoms with Gasteiger partial charge >= 0.3 is 0 Å². The van der Waals surface area contributed by atoms with Crippen molar-refractivity contribution in [3.8, 4) is 0 Å². The van der Waals surface area contributed by atoms with E-state index in [-0.39, 0.29) is 6.29 Å². The molecule has 0 radical (unpaired) electrons. The van der Waals surface area contributed by atoms with Crippen LogP contribution in [-0.4, -0.2) is 19.5 Å². The molecule has 0 amide bonds. The van der Waals surface area contributed by atoms with Crippen LogP contribution < -0.4 is 0 Å². The Morgan fingerprint density at radius 1 is 1.56 bits per heavy atom. The summed E-state index contributed by atoms with van der Waals surface area (Å²) in [5.74, 6) is 0. The minimum atomic E-state index is 0.101. The van der Waals surface area contributed by atoms with Gasteiger partial charge in [0, 0.05) is 13.2 Å². The third kappa shape index (κ3) is 2.33. The molecule has 0 bridgehead atoms. The zero-order valence-corrected chi connectivity index (χ0v) is 5.93. The van der Waals surface area contributed by atoms with E-state index < -0.39 is 0 Å². The number of rotatable bonds is 2. The van der Waals surface area contributed by atoms with Crippen molar-refractivity contribution in [3.05, 3.63) is 0 Å². The zero-order valence-electron chi connectivity index (χ0n) is 5.93. The van der Waals surface area contributed by atoms with E-state index in [9.17, 15) is 0 Å². The third-order valence-electron chi connectivity index (χ3n) is 1.49. The van der Waals surface area contributed by atoms with Gasteiger partial charge in [-0.1, -0.05) is 0 Å². The highest BCUT2D eigenvalue weighted by Gasteiger charge is 2.11. The maximum Gasteiger partial charge on any atom is 0.157 e. The van der Waals surface area contributed by atoms with Crippen LogP contribution in [0.5, 0.6) is 0 Å². The lowest BCUT2D eigenvalue weighted by Crippen LogP contribution is -2.21. The molecule has 1 unspecified atom stereocenters. The molecule has 0 aromatic carbocycles. The summed E-state index contributed by atoms with van der Waals surface area (Å²) in [6.07, 6.45) is 3.63. The molecule has 0 aromatic rings. The highest BCUT2D eigenvalue weighted by Crippen LogP contribution is 2.12. The standard InChI is InChI=1S/C7H14O2/c1-2-8-7-5-3-4-6-9-7/h7H,2-6H2,1H3. The van der Waals surface area contributed by atoms with Gasteiger partial charge in [-0.3, -0.25) is 0 Å². The Morgan fingerprint density at radius 2 is 2.44 bits per heavy atom. The molecule has 1 heterocycles. The Bertz CT molecular complexity index is 64.6. The molecule has 1 rings (SSSR count). The predicted molar refractivity (Wildman–Crippen MR) is 35.2 cm³/mol. The maximum absolute atomic E-state index is 5.30. The Labute approximate surface area is 56.2 Å². The minimum Gasteiger partial charge on any atom is -0.353 e. The first-order valence-corrected chi connectivity index (χ1v) is 3.66. The predicted octanol–water partition coefficient (Wildman–Crippen LogP) is 1.55. The van der Waals surface area contributed by atoms with Crippen LogP contribution in [0.4, 0.5) is 0 Å². The second kappa shape index (κ2) is 3.85. The van der Waals surface area contributed by atoms with Crippen LogP contribution in [0.25, 0.3) is 0 Å². The molecular formula is C7H14O2. The first kappa shape index (κ1) is 7.03. The summed E-state index contributed by atoms with van der Waals surface area (Å²) in [4.78, 5) is 0. The van der Waals surface area contributed by atoms with E-state index in [1.807, 2.05) is 6.92 Å². The van der Waals surface area contributed by atoms with Crippen LogP contribution in [-0.2, 0) is 9.47 Å². The van der Waals surface area contributed by atoms with Gasteiger partial charge in [0.1, 0.15) is 0 Å². The number of hydrogen-bond donors (Lipinski definition) is 0. The summed E-state index contributed by atoms with van der Waals surface area (Å²) in [7, 11) is 0. The molecule has 1 aliphatic heterocycles. The first-order valence-electron chi connectivity index (χ1n) is 3.66. The molecule has 0 saturated carbocycles. The Morgan fingerprint density at radius 3 is 3.00 bits per heavy atom. The van der Waals surface area contributed by atoms with Gasteiger partial charge < -0.3 is 9.47 Å². The third-order valence-corrected chi connectivity index (χ3v) is 1.49. The largest absolute Gasteiger partial charge is 0.353 e. The van der Waals surface area contributed by atoms with Crippen LogP contribution in [0.1, 0.15) is 26.2 Å². The topological polar surface area (TPSA) is 18.5 Å². The van der Waals surface area contributed by atoms with Gasteiger partial charge in [-0.15, -0.1) is 0 Å². The fraction of sp³-hybridized carbons (Fsp3) is 1.00. The van der Waals surface area contributed by atoms with Crippen LogP contribution in [0.2, 0.25) is 0 Å². The highest BCUT2D eigenvalue weighted by molar-refractivity contribution is 4.52. The normalized spacial score (nSPS) is 28.3. The maximum atomic E-state index is 5.30. The van der Waals surface area contributed by atoms with Crippen molar-refractivity contribution < 1.29 is 9.47 Å². The Kier molecular flexibility index (Phi) is 3.01. The van der Waals surface area contributed by atoms with Gasteiger partial charge in [-0.25, -0.2) is 0 Å². The van der Waals surface area contributed by atoms with Crippen molar-refractivity contribution in [2.45, 2.75) is 32.5 Å². The molecule has 1 aliphatic rings. The van der Waals surface area contributed by atoms with E-state index >= 15 is 0 Å². The van der Waals surface area contributed by atoms with Crippen molar-refractivity contribution in [2.75, 3.05) is 13.2 Å². The van der Waals surface area contributed by atoms with Gasteiger partial charge in [0.05, 0.1) is 0 Å². The van der Waals surface area contributed by atoms with E-state index in [1.165, 1.54) is 12.8 Å². The monoisotopic (exact) mass is 130 g/mol. The molecule has 2 heteroatoms. The first-order chi connectivity index (χ1) is 4.43. The molecule has 1 fully saturated rings. The fourth-order valence-electron chi connectivity index (χ4n) is 1.03.